The van der Waals surface area contributed by atoms with E-state index in [9.17, 15) is 29.3 Å². The predicted molar refractivity (Wildman–Crippen MR) is 169 cm³/mol. The molecule has 0 spiro atoms. The van der Waals surface area contributed by atoms with Crippen molar-refractivity contribution in [1.82, 2.24) is 0 Å². The third-order valence-electron chi connectivity index (χ3n) is 5.47. The number of aliphatic hydroxyl groups excluding tert-OH is 2. The first-order valence-electron chi connectivity index (χ1n) is 14.8. The van der Waals surface area contributed by atoms with E-state index in [0.717, 1.165) is 13.3 Å². The van der Waals surface area contributed by atoms with E-state index in [4.69, 9.17) is 18.5 Å². The second-order valence-corrected chi connectivity index (χ2v) is 12.3. The number of allylic oxidation sites excluding steroid dienone is 8. The third-order valence-corrected chi connectivity index (χ3v) is 6.43. The van der Waals surface area contributed by atoms with Crippen molar-refractivity contribution in [2.75, 3.05) is 47.5 Å². The van der Waals surface area contributed by atoms with Gasteiger partial charge >= 0.3 is 11.9 Å². The van der Waals surface area contributed by atoms with E-state index in [1.165, 1.54) is 0 Å². The lowest BCUT2D eigenvalue weighted by Crippen LogP contribution is -2.37. The molecule has 0 amide bonds. The fourth-order valence-corrected chi connectivity index (χ4v) is 3.87. The minimum Gasteiger partial charge on any atom is -0.756 e. The molecule has 4 atom stereocenters. The average molecular weight is 642 g/mol. The van der Waals surface area contributed by atoms with Gasteiger partial charge in [-0.25, -0.2) is 0 Å². The molecule has 2 N–H and O–H groups in total. The van der Waals surface area contributed by atoms with Gasteiger partial charge in [-0.2, -0.15) is 0 Å². The second-order valence-electron chi connectivity index (χ2n) is 10.9. The highest BCUT2D eigenvalue weighted by atomic mass is 31.2. The standard InChI is InChI=1S/C32H52NO10P/c1-6-7-14-19-29(35)21-16-12-13-17-22-30(36)20-15-10-8-9-11-18-23-32(37)40-26-31(43-28(2)34)27-42-44(38,39)41-25-24-33(3,4)5/h7,9-17,21-22,29-31,35-36H,6,8,18-20,23-27H2,1-5H3/b11-9-,13-12-,14-7-,15-10-,21-16+,22-17+/t29-,30+,31-/m1/s1. The lowest BCUT2D eigenvalue weighted by molar-refractivity contribution is -0.870. The first kappa shape index (κ1) is 41.4. The molecule has 0 aromatic heterocycles. The van der Waals surface area contributed by atoms with Gasteiger partial charge in [0, 0.05) is 13.3 Å². The van der Waals surface area contributed by atoms with Gasteiger partial charge in [0.2, 0.25) is 0 Å². The summed E-state index contributed by atoms with van der Waals surface area (Å²) in [4.78, 5) is 35.4. The van der Waals surface area contributed by atoms with E-state index in [0.29, 0.717) is 36.7 Å². The predicted octanol–water partition coefficient (Wildman–Crippen LogP) is 4.09. The number of rotatable bonds is 24. The van der Waals surface area contributed by atoms with Gasteiger partial charge in [0.25, 0.3) is 7.82 Å². The molecule has 0 fully saturated rings. The molecule has 0 saturated carbocycles. The number of likely N-dealkylation sites (N-methyl/N-ethyl adjacent to an activating group) is 1. The second kappa shape index (κ2) is 24.7. The van der Waals surface area contributed by atoms with Crippen LogP contribution in [-0.2, 0) is 32.7 Å². The minimum atomic E-state index is -4.62. The highest BCUT2D eigenvalue weighted by Gasteiger charge is 2.20. The summed E-state index contributed by atoms with van der Waals surface area (Å²) in [5.74, 6) is -1.21. The fraction of sp³-hybridized carbons (Fsp3) is 0.562. The van der Waals surface area contributed by atoms with E-state index >= 15 is 0 Å². The number of quaternary nitrogens is 1. The molecule has 44 heavy (non-hydrogen) atoms. The highest BCUT2D eigenvalue weighted by molar-refractivity contribution is 7.45. The van der Waals surface area contributed by atoms with Crippen molar-refractivity contribution in [3.63, 3.8) is 0 Å². The zero-order valence-electron chi connectivity index (χ0n) is 26.8. The quantitative estimate of drug-likeness (QED) is 0.0518. The minimum absolute atomic E-state index is 0.0677. The lowest BCUT2D eigenvalue weighted by atomic mass is 10.2. The van der Waals surface area contributed by atoms with Crippen molar-refractivity contribution in [3.05, 3.63) is 72.9 Å². The number of carbonyl (C=O) groups is 2. The van der Waals surface area contributed by atoms with Crippen molar-refractivity contribution < 1.29 is 52.3 Å². The zero-order valence-corrected chi connectivity index (χ0v) is 27.7. The van der Waals surface area contributed by atoms with Gasteiger partial charge in [-0.3, -0.25) is 14.2 Å². The first-order chi connectivity index (χ1) is 20.7. The van der Waals surface area contributed by atoms with Crippen molar-refractivity contribution in [3.8, 4) is 0 Å². The molecular weight excluding hydrogens is 589 g/mol. The average Bonchev–Trinajstić information content (AvgIpc) is 2.92. The number of hydrogen-bond acceptors (Lipinski definition) is 10. The van der Waals surface area contributed by atoms with E-state index in [2.05, 4.69) is 0 Å². The van der Waals surface area contributed by atoms with Crippen molar-refractivity contribution in [2.45, 2.75) is 70.7 Å². The van der Waals surface area contributed by atoms with Gasteiger partial charge in [-0.15, -0.1) is 0 Å². The molecule has 0 aliphatic rings. The summed E-state index contributed by atoms with van der Waals surface area (Å²) in [5, 5.41) is 19.8. The lowest BCUT2D eigenvalue weighted by Gasteiger charge is -2.28. The van der Waals surface area contributed by atoms with Crippen LogP contribution in [0.3, 0.4) is 0 Å². The summed E-state index contributed by atoms with van der Waals surface area (Å²) < 4.78 is 32.2. The first-order valence-corrected chi connectivity index (χ1v) is 16.3. The van der Waals surface area contributed by atoms with Crippen LogP contribution in [0.1, 0.15) is 52.4 Å². The summed E-state index contributed by atoms with van der Waals surface area (Å²) in [7, 11) is 1.04. The van der Waals surface area contributed by atoms with Crippen LogP contribution < -0.4 is 4.89 Å². The smallest absolute Gasteiger partial charge is 0.306 e. The Kier molecular flexibility index (Phi) is 23.2. The number of phosphoric ester groups is 1. The Balaban J connectivity index is 4.26. The SMILES string of the molecule is CC/C=C\C[C@@H](O)/C=C/C=C\C=C\[C@@H](O)C/C=C\C/C=C\CCC(=O)OC[C@H](COP(=O)([O-])OCC[N+](C)(C)C)OC(C)=O. The Labute approximate surface area is 263 Å². The van der Waals surface area contributed by atoms with E-state index in [1.807, 2.05) is 64.5 Å². The zero-order chi connectivity index (χ0) is 33.3. The molecule has 0 aliphatic carbocycles. The highest BCUT2D eigenvalue weighted by Crippen LogP contribution is 2.38. The van der Waals surface area contributed by atoms with Crippen LogP contribution in [0.2, 0.25) is 0 Å². The van der Waals surface area contributed by atoms with E-state index in [1.54, 1.807) is 36.5 Å². The van der Waals surface area contributed by atoms with E-state index in [-0.39, 0.29) is 19.6 Å². The van der Waals surface area contributed by atoms with Crippen LogP contribution in [0.15, 0.2) is 72.9 Å². The molecule has 0 radical (unpaired) electrons. The van der Waals surface area contributed by atoms with Gasteiger partial charge in [0.15, 0.2) is 6.10 Å². The fourth-order valence-electron chi connectivity index (χ4n) is 3.15. The molecule has 250 valence electrons. The molecule has 0 bridgehead atoms. The molecule has 0 saturated heterocycles. The molecule has 0 aromatic rings. The maximum Gasteiger partial charge on any atom is 0.306 e. The van der Waals surface area contributed by atoms with Gasteiger partial charge in [-0.05, 0) is 32.1 Å². The number of nitrogens with zero attached hydrogens (tertiary/aromatic N) is 1. The molecule has 1 unspecified atom stereocenters. The molecule has 0 aromatic carbocycles. The van der Waals surface area contributed by atoms with Crippen LogP contribution in [0.5, 0.6) is 0 Å². The topological polar surface area (TPSA) is 152 Å². The van der Waals surface area contributed by atoms with Crippen LogP contribution in [0, 0.1) is 0 Å². The monoisotopic (exact) mass is 641 g/mol. The van der Waals surface area contributed by atoms with Gasteiger partial charge in [0.1, 0.15) is 19.8 Å². The maximum absolute atomic E-state index is 12.1. The summed E-state index contributed by atoms with van der Waals surface area (Å²) >= 11 is 0. The number of phosphoric acid groups is 1. The van der Waals surface area contributed by atoms with Gasteiger partial charge < -0.3 is 38.1 Å². The Bertz CT molecular complexity index is 1030. The Morgan fingerprint density at radius 3 is 2.02 bits per heavy atom. The van der Waals surface area contributed by atoms with Gasteiger partial charge in [0.05, 0.1) is 40.0 Å². The number of esters is 2. The summed E-state index contributed by atoms with van der Waals surface area (Å²) in [6.07, 6.45) is 22.8. The normalized spacial score (nSPS) is 16.5. The van der Waals surface area contributed by atoms with Crippen LogP contribution in [-0.4, -0.2) is 92.5 Å². The molecule has 11 nitrogen and oxygen atoms in total. The van der Waals surface area contributed by atoms with Gasteiger partial charge in [-0.1, -0.05) is 79.8 Å². The van der Waals surface area contributed by atoms with Crippen molar-refractivity contribution in [2.24, 2.45) is 0 Å². The molecule has 12 heteroatoms. The summed E-state index contributed by atoms with van der Waals surface area (Å²) in [6.45, 7) is 2.68. The number of ether oxygens (including phenoxy) is 2. The molecule has 0 aliphatic heterocycles. The number of hydrogen-bond donors (Lipinski definition) is 2. The number of carbonyl (C=O) groups excluding carboxylic acids is 2. The molecule has 0 heterocycles. The van der Waals surface area contributed by atoms with Crippen LogP contribution in [0.4, 0.5) is 0 Å². The van der Waals surface area contributed by atoms with Crippen LogP contribution >= 0.6 is 7.82 Å². The Hall–Kier alpha value is -2.63. The summed E-state index contributed by atoms with van der Waals surface area (Å²) in [6, 6.07) is 0. The third kappa shape index (κ3) is 28.2. The van der Waals surface area contributed by atoms with Crippen molar-refractivity contribution in [1.29, 1.82) is 0 Å². The van der Waals surface area contributed by atoms with E-state index < -0.39 is 44.7 Å². The maximum atomic E-state index is 12.1. The number of aliphatic hydroxyl groups is 2. The van der Waals surface area contributed by atoms with Crippen LogP contribution in [0.25, 0.3) is 0 Å². The molecule has 0 rings (SSSR count). The van der Waals surface area contributed by atoms with Crippen molar-refractivity contribution >= 4 is 19.8 Å². The Morgan fingerprint density at radius 1 is 0.864 bits per heavy atom. The summed E-state index contributed by atoms with van der Waals surface area (Å²) in [5.41, 5.74) is 0. The largest absolute Gasteiger partial charge is 0.756 e. The Morgan fingerprint density at radius 2 is 1.45 bits per heavy atom. The molecular formula is C32H52NO10P.